The third kappa shape index (κ3) is 3.75. The van der Waals surface area contributed by atoms with Crippen molar-refractivity contribution in [1.29, 1.82) is 0 Å². The minimum Gasteiger partial charge on any atom is -0.276 e. The molecule has 0 unspecified atom stereocenters. The number of carbonyl (C=O) groups excluding carboxylic acids is 1. The van der Waals surface area contributed by atoms with Gasteiger partial charge in [-0.3, -0.25) is 19.7 Å². The van der Waals surface area contributed by atoms with Gasteiger partial charge in [-0.25, -0.2) is 9.97 Å². The first-order valence-corrected chi connectivity index (χ1v) is 10.7. The van der Waals surface area contributed by atoms with Crippen molar-refractivity contribution in [2.45, 2.75) is 20.4 Å². The fraction of sp³-hybridized carbons (Fsp3) is 0.125. The maximum Gasteiger partial charge on any atom is 0.280 e. The van der Waals surface area contributed by atoms with Gasteiger partial charge in [0.1, 0.15) is 5.69 Å². The van der Waals surface area contributed by atoms with Crippen molar-refractivity contribution < 1.29 is 4.79 Å². The van der Waals surface area contributed by atoms with Gasteiger partial charge in [0.25, 0.3) is 5.91 Å². The molecule has 0 N–H and O–H groups in total. The van der Waals surface area contributed by atoms with Crippen molar-refractivity contribution in [2.75, 3.05) is 4.90 Å². The number of thiazole rings is 1. The molecule has 5 aromatic rings. The van der Waals surface area contributed by atoms with Crippen LogP contribution in [0.2, 0.25) is 0 Å². The minimum atomic E-state index is -0.252. The summed E-state index contributed by atoms with van der Waals surface area (Å²) in [7, 11) is 0. The van der Waals surface area contributed by atoms with Crippen molar-refractivity contribution in [3.63, 3.8) is 0 Å². The zero-order chi connectivity index (χ0) is 21.4. The molecular formula is C24H19N5OS. The lowest BCUT2D eigenvalue weighted by molar-refractivity contribution is 0.0980. The Hall–Kier alpha value is -3.71. The van der Waals surface area contributed by atoms with E-state index in [-0.39, 0.29) is 11.6 Å². The first-order valence-electron chi connectivity index (χ1n) is 9.90. The summed E-state index contributed by atoms with van der Waals surface area (Å²) < 4.78 is 1.05. The second-order valence-electron chi connectivity index (χ2n) is 7.38. The van der Waals surface area contributed by atoms with Crippen LogP contribution in [0.15, 0.2) is 67.0 Å². The van der Waals surface area contributed by atoms with Crippen LogP contribution in [0.25, 0.3) is 21.3 Å². The number of para-hydroxylation sites is 2. The average Bonchev–Trinajstić information content (AvgIpc) is 3.21. The number of amides is 1. The SMILES string of the molecule is Cc1cc(C)c2nc(N(Cc3ccccn3)C(=O)c3cnc4ccccc4n3)sc2c1. The van der Waals surface area contributed by atoms with Crippen LogP contribution in [0.5, 0.6) is 0 Å². The molecule has 0 aliphatic carbocycles. The number of hydrogen-bond donors (Lipinski definition) is 0. The molecule has 0 radical (unpaired) electrons. The number of hydrogen-bond acceptors (Lipinski definition) is 6. The van der Waals surface area contributed by atoms with Gasteiger partial charge in [-0.2, -0.15) is 0 Å². The third-order valence-electron chi connectivity index (χ3n) is 5.01. The molecule has 3 aromatic heterocycles. The Balaban J connectivity index is 1.61. The normalized spacial score (nSPS) is 11.2. The maximum atomic E-state index is 13.6. The Morgan fingerprint density at radius 2 is 1.77 bits per heavy atom. The number of fused-ring (bicyclic) bond motifs is 2. The molecule has 5 rings (SSSR count). The number of pyridine rings is 1. The molecule has 1 amide bonds. The van der Waals surface area contributed by atoms with E-state index in [0.29, 0.717) is 17.2 Å². The van der Waals surface area contributed by atoms with E-state index in [4.69, 9.17) is 4.98 Å². The third-order valence-corrected chi connectivity index (χ3v) is 6.03. The van der Waals surface area contributed by atoms with Crippen molar-refractivity contribution in [3.8, 4) is 0 Å². The van der Waals surface area contributed by atoms with Crippen LogP contribution >= 0.6 is 11.3 Å². The number of carbonyl (C=O) groups is 1. The molecule has 7 heteroatoms. The molecule has 152 valence electrons. The number of nitrogens with zero attached hydrogens (tertiary/aromatic N) is 5. The van der Waals surface area contributed by atoms with Crippen molar-refractivity contribution in [3.05, 3.63) is 89.5 Å². The van der Waals surface area contributed by atoms with Crippen molar-refractivity contribution in [1.82, 2.24) is 19.9 Å². The van der Waals surface area contributed by atoms with E-state index >= 15 is 0 Å². The number of anilines is 1. The Kier molecular flexibility index (Phi) is 4.88. The lowest BCUT2D eigenvalue weighted by atomic mass is 10.1. The fourth-order valence-corrected chi connectivity index (χ4v) is 4.69. The molecule has 0 aliphatic rings. The van der Waals surface area contributed by atoms with Gasteiger partial charge in [0.2, 0.25) is 0 Å². The molecule has 6 nitrogen and oxygen atoms in total. The highest BCUT2D eigenvalue weighted by Crippen LogP contribution is 2.33. The monoisotopic (exact) mass is 425 g/mol. The Bertz CT molecular complexity index is 1410. The molecule has 0 aliphatic heterocycles. The molecule has 0 spiro atoms. The molecule has 0 saturated carbocycles. The van der Waals surface area contributed by atoms with E-state index in [1.807, 2.05) is 49.4 Å². The van der Waals surface area contributed by atoms with Gasteiger partial charge in [-0.15, -0.1) is 0 Å². The van der Waals surface area contributed by atoms with Crippen LogP contribution in [-0.2, 0) is 6.54 Å². The minimum absolute atomic E-state index is 0.252. The summed E-state index contributed by atoms with van der Waals surface area (Å²) in [6, 6.07) is 17.4. The van der Waals surface area contributed by atoms with Crippen LogP contribution in [0.3, 0.4) is 0 Å². The van der Waals surface area contributed by atoms with Gasteiger partial charge < -0.3 is 0 Å². The zero-order valence-corrected chi connectivity index (χ0v) is 17.9. The second kappa shape index (κ2) is 7.85. The van der Waals surface area contributed by atoms with E-state index in [9.17, 15) is 4.79 Å². The second-order valence-corrected chi connectivity index (χ2v) is 8.39. The first kappa shape index (κ1) is 19.3. The van der Waals surface area contributed by atoms with Crippen LogP contribution in [0, 0.1) is 13.8 Å². The van der Waals surface area contributed by atoms with Gasteiger partial charge in [-0.1, -0.05) is 35.6 Å². The number of aromatic nitrogens is 4. The highest BCUT2D eigenvalue weighted by Gasteiger charge is 2.24. The summed E-state index contributed by atoms with van der Waals surface area (Å²) in [4.78, 5) is 33.4. The fourth-order valence-electron chi connectivity index (χ4n) is 3.55. The van der Waals surface area contributed by atoms with Gasteiger partial charge >= 0.3 is 0 Å². The first-order chi connectivity index (χ1) is 15.1. The van der Waals surface area contributed by atoms with Crippen LogP contribution in [-0.4, -0.2) is 25.8 Å². The van der Waals surface area contributed by atoms with Crippen LogP contribution in [0.4, 0.5) is 5.13 Å². The average molecular weight is 426 g/mol. The summed E-state index contributed by atoms with van der Waals surface area (Å²) in [5.41, 5.74) is 5.66. The smallest absolute Gasteiger partial charge is 0.276 e. The van der Waals surface area contributed by atoms with E-state index < -0.39 is 0 Å². The van der Waals surface area contributed by atoms with Gasteiger partial charge in [0.05, 0.1) is 39.7 Å². The largest absolute Gasteiger partial charge is 0.280 e. The Labute approximate surface area is 183 Å². The summed E-state index contributed by atoms with van der Waals surface area (Å²) in [6.07, 6.45) is 3.25. The molecule has 3 heterocycles. The van der Waals surface area contributed by atoms with Gasteiger partial charge in [0.15, 0.2) is 5.13 Å². The lowest BCUT2D eigenvalue weighted by Gasteiger charge is -2.19. The number of benzene rings is 2. The lowest BCUT2D eigenvalue weighted by Crippen LogP contribution is -2.31. The molecule has 0 saturated heterocycles. The predicted molar refractivity (Wildman–Crippen MR) is 123 cm³/mol. The van der Waals surface area contributed by atoms with Crippen molar-refractivity contribution >= 4 is 43.6 Å². The van der Waals surface area contributed by atoms with E-state index in [0.717, 1.165) is 27.0 Å². The maximum absolute atomic E-state index is 13.6. The molecule has 31 heavy (non-hydrogen) atoms. The van der Waals surface area contributed by atoms with Crippen molar-refractivity contribution in [2.24, 2.45) is 0 Å². The number of rotatable bonds is 4. The topological polar surface area (TPSA) is 71.9 Å². The highest BCUT2D eigenvalue weighted by atomic mass is 32.1. The van der Waals surface area contributed by atoms with Gasteiger partial charge in [0, 0.05) is 6.20 Å². The molecule has 0 atom stereocenters. The van der Waals surface area contributed by atoms with Gasteiger partial charge in [-0.05, 0) is 55.3 Å². The Morgan fingerprint density at radius 1 is 0.968 bits per heavy atom. The summed E-state index contributed by atoms with van der Waals surface area (Å²) >= 11 is 1.50. The predicted octanol–water partition coefficient (Wildman–Crippen LogP) is 5.10. The molecular weight excluding hydrogens is 406 g/mol. The summed E-state index contributed by atoms with van der Waals surface area (Å²) in [5, 5.41) is 0.620. The van der Waals surface area contributed by atoms with Crippen LogP contribution < -0.4 is 4.90 Å². The summed E-state index contributed by atoms with van der Waals surface area (Å²) in [6.45, 7) is 4.40. The van der Waals surface area contributed by atoms with E-state index in [2.05, 4.69) is 34.0 Å². The Morgan fingerprint density at radius 3 is 2.58 bits per heavy atom. The highest BCUT2D eigenvalue weighted by molar-refractivity contribution is 7.22. The molecule has 2 aromatic carbocycles. The number of aryl methyl sites for hydroxylation is 2. The van der Waals surface area contributed by atoms with E-state index in [1.54, 1.807) is 11.1 Å². The zero-order valence-electron chi connectivity index (χ0n) is 17.1. The quantitative estimate of drug-likeness (QED) is 0.401. The molecule has 0 bridgehead atoms. The standard InChI is InChI=1S/C24H19N5OS/c1-15-11-16(2)22-21(12-15)31-24(28-22)29(14-17-7-5-6-10-25-17)23(30)20-13-26-18-8-3-4-9-19(18)27-20/h3-13H,14H2,1-2H3. The van der Waals surface area contributed by atoms with Crippen LogP contribution in [0.1, 0.15) is 27.3 Å². The summed E-state index contributed by atoms with van der Waals surface area (Å²) in [5.74, 6) is -0.252. The van der Waals surface area contributed by atoms with E-state index in [1.165, 1.54) is 23.1 Å². The molecule has 0 fully saturated rings.